The molecule has 9 rings (SSSR count). The van der Waals surface area contributed by atoms with Gasteiger partial charge in [0.15, 0.2) is 21.4 Å². The molecule has 9 aromatic carbocycles. The van der Waals surface area contributed by atoms with E-state index in [1.807, 2.05) is 224 Å². The van der Waals surface area contributed by atoms with Crippen LogP contribution in [0, 0.1) is 0 Å². The zero-order valence-electron chi connectivity index (χ0n) is 30.4. The molecule has 3 nitrogen and oxygen atoms in total. The summed E-state index contributed by atoms with van der Waals surface area (Å²) in [5.74, 6) is 0. The Morgan fingerprint density at radius 1 is 0.214 bits per heavy atom. The fourth-order valence-corrected chi connectivity index (χ4v) is 16.3. The minimum absolute atomic E-state index is 0.623. The summed E-state index contributed by atoms with van der Waals surface area (Å²) in [6.45, 7) is 0. The predicted octanol–water partition coefficient (Wildman–Crippen LogP) is 8.91. The second-order valence-corrected chi connectivity index (χ2v) is 22.1. The van der Waals surface area contributed by atoms with Crippen molar-refractivity contribution in [2.24, 2.45) is 0 Å². The molecular weight excluding hydrogens is 741 g/mol. The monoisotopic (exact) mass is 778 g/mol. The van der Waals surface area contributed by atoms with Crippen LogP contribution >= 0.6 is 21.4 Å². The highest BCUT2D eigenvalue weighted by molar-refractivity contribution is 7.87. The van der Waals surface area contributed by atoms with Crippen LogP contribution in [0.2, 0.25) is 0 Å². The van der Waals surface area contributed by atoms with E-state index in [2.05, 4.69) is 0 Å². The van der Waals surface area contributed by atoms with Crippen molar-refractivity contribution in [1.29, 1.82) is 0 Å². The smallest absolute Gasteiger partial charge is 0.171 e. The van der Waals surface area contributed by atoms with Gasteiger partial charge < -0.3 is 13.7 Å². The van der Waals surface area contributed by atoms with Gasteiger partial charge in [-0.1, -0.05) is 224 Å². The molecule has 0 radical (unpaired) electrons. The van der Waals surface area contributed by atoms with E-state index in [4.69, 9.17) is 0 Å². The fourth-order valence-electron chi connectivity index (χ4n) is 7.93. The van der Waals surface area contributed by atoms with Gasteiger partial charge in [-0.2, -0.15) is 0 Å². The first-order valence-corrected chi connectivity index (χ1v) is 23.7. The van der Waals surface area contributed by atoms with E-state index in [9.17, 15) is 0 Å². The molecule has 0 aliphatic rings. The van der Waals surface area contributed by atoms with E-state index < -0.39 is 21.4 Å². The molecule has 0 aliphatic carbocycles. The minimum atomic E-state index is -3.47. The van der Waals surface area contributed by atoms with Crippen molar-refractivity contribution in [3.05, 3.63) is 224 Å². The van der Waals surface area contributed by atoms with Crippen LogP contribution in [0.1, 0.15) is 0 Å². The van der Waals surface area contributed by atoms with Crippen molar-refractivity contribution < 1.29 is 13.7 Å². The van der Waals surface area contributed by atoms with E-state index in [-0.39, 0.29) is 0 Å². The summed E-state index contributed by atoms with van der Waals surface area (Å²) in [7, 11) is -10.2. The highest BCUT2D eigenvalue weighted by Crippen LogP contribution is 2.48. The molecule has 0 aliphatic heterocycles. The third-order valence-corrected chi connectivity index (χ3v) is 20.0. The molecule has 270 valence electrons. The maximum atomic E-state index is 15.8. The van der Waals surface area contributed by atoms with Gasteiger partial charge in [-0.25, -0.2) is 0 Å². The Hall–Kier alpha value is -5.81. The number of hydrogen-bond acceptors (Lipinski definition) is 3. The van der Waals surface area contributed by atoms with E-state index in [0.717, 1.165) is 42.8 Å². The molecule has 6 heteroatoms. The molecule has 9 aromatic rings. The Balaban J connectivity index is 1.19. The highest BCUT2D eigenvalue weighted by Gasteiger charge is 2.36. The maximum absolute atomic E-state index is 15.8. The van der Waals surface area contributed by atoms with E-state index in [1.165, 1.54) is 0 Å². The lowest BCUT2D eigenvalue weighted by atomic mass is 10.1. The van der Waals surface area contributed by atoms with Crippen LogP contribution in [0.4, 0.5) is 0 Å². The summed E-state index contributed by atoms with van der Waals surface area (Å²) in [5, 5.41) is 10.2. The summed E-state index contributed by atoms with van der Waals surface area (Å²) in [6.07, 6.45) is 0. The van der Waals surface area contributed by atoms with Crippen molar-refractivity contribution in [1.82, 2.24) is 0 Å². The summed E-state index contributed by atoms with van der Waals surface area (Å²) in [6, 6.07) is 71.9. The first-order chi connectivity index (χ1) is 27.4. The van der Waals surface area contributed by atoms with Gasteiger partial charge in [-0.05, 0) is 21.5 Å². The van der Waals surface area contributed by atoms with Crippen LogP contribution in [0.5, 0.6) is 0 Å². The van der Waals surface area contributed by atoms with Gasteiger partial charge in [0.2, 0.25) is 0 Å². The largest absolute Gasteiger partial charge is 0.309 e. The molecule has 0 amide bonds. The van der Waals surface area contributed by atoms with Gasteiger partial charge >= 0.3 is 0 Å². The predicted molar refractivity (Wildman–Crippen MR) is 240 cm³/mol. The summed E-state index contributed by atoms with van der Waals surface area (Å²) in [5.41, 5.74) is 0. The first kappa shape index (κ1) is 35.9. The maximum Gasteiger partial charge on any atom is 0.171 e. The zero-order chi connectivity index (χ0) is 38.2. The number of benzene rings is 9. The lowest BCUT2D eigenvalue weighted by Gasteiger charge is -2.25. The number of hydrogen-bond donors (Lipinski definition) is 0. The van der Waals surface area contributed by atoms with Crippen LogP contribution < -0.4 is 47.7 Å². The van der Waals surface area contributed by atoms with Crippen molar-refractivity contribution in [3.63, 3.8) is 0 Å². The third-order valence-electron chi connectivity index (χ3n) is 10.7. The Morgan fingerprint density at radius 2 is 0.464 bits per heavy atom. The molecule has 2 unspecified atom stereocenters. The second kappa shape index (κ2) is 14.7. The van der Waals surface area contributed by atoms with Crippen LogP contribution in [-0.4, -0.2) is 0 Å². The van der Waals surface area contributed by atoms with Gasteiger partial charge in [0.05, 0.1) is 0 Å². The van der Waals surface area contributed by atoms with Crippen molar-refractivity contribution >= 4 is 90.7 Å². The topological polar surface area (TPSA) is 51.2 Å². The Morgan fingerprint density at radius 3 is 0.821 bits per heavy atom. The van der Waals surface area contributed by atoms with Crippen molar-refractivity contribution in [2.75, 3.05) is 0 Å². The van der Waals surface area contributed by atoms with Gasteiger partial charge in [0.25, 0.3) is 0 Å². The normalized spacial score (nSPS) is 14.7. The van der Waals surface area contributed by atoms with Gasteiger partial charge in [-0.15, -0.1) is 0 Å². The highest BCUT2D eigenvalue weighted by atomic mass is 31.2. The average Bonchev–Trinajstić information content (AvgIpc) is 3.29. The van der Waals surface area contributed by atoms with Crippen LogP contribution in [0.3, 0.4) is 0 Å². The average molecular weight is 779 g/mol. The molecule has 56 heavy (non-hydrogen) atoms. The molecule has 0 bridgehead atoms. The van der Waals surface area contributed by atoms with Gasteiger partial charge in [-0.3, -0.25) is 0 Å². The molecule has 0 saturated heterocycles. The molecule has 0 aromatic heterocycles. The lowest BCUT2D eigenvalue weighted by Crippen LogP contribution is -2.30. The number of fused-ring (bicyclic) bond motifs is 2. The Bertz CT molecular complexity index is 2790. The summed E-state index contributed by atoms with van der Waals surface area (Å²) in [4.78, 5) is 0. The molecule has 0 fully saturated rings. The Kier molecular flexibility index (Phi) is 9.41. The van der Waals surface area contributed by atoms with Crippen molar-refractivity contribution in [2.45, 2.75) is 0 Å². The fraction of sp³-hybridized carbons (Fsp3) is 0. The minimum Gasteiger partial charge on any atom is -0.309 e. The molecule has 0 spiro atoms. The molecule has 0 saturated carbocycles. The SMILES string of the molecule is O=P(c1ccccc1)(c1ccc(P(=O)(c2ccccc2)c2cccc3ccccc23)cc1)c1ccc(P(=O)(c2ccccc2)c2cccc3ccccc23)cc1. The second-order valence-electron chi connectivity index (χ2n) is 13.9. The summed E-state index contributed by atoms with van der Waals surface area (Å²) < 4.78 is 47.2. The van der Waals surface area contributed by atoms with Crippen LogP contribution in [0.15, 0.2) is 224 Å². The molecule has 0 N–H and O–H groups in total. The standard InChI is InChI=1S/C50H37O3P3/c51-54(40-20-4-1-5-21-40,43-30-34-45(35-31-43)55(52,41-22-6-2-7-23-41)49-28-14-18-38-16-10-12-26-47(38)49)44-32-36-46(37-33-44)56(53,42-24-8-3-9-25-42)50-29-15-19-39-17-11-13-27-48(39)50/h1-37H. The molecule has 2 atom stereocenters. The van der Waals surface area contributed by atoms with Crippen LogP contribution in [0.25, 0.3) is 21.5 Å². The van der Waals surface area contributed by atoms with Crippen molar-refractivity contribution in [3.8, 4) is 0 Å². The third kappa shape index (κ3) is 5.96. The molecule has 0 heterocycles. The lowest BCUT2D eigenvalue weighted by molar-refractivity contribution is 0.591. The van der Waals surface area contributed by atoms with Crippen LogP contribution in [-0.2, 0) is 13.7 Å². The van der Waals surface area contributed by atoms with E-state index in [1.54, 1.807) is 0 Å². The van der Waals surface area contributed by atoms with Gasteiger partial charge in [0.1, 0.15) is 0 Å². The Labute approximate surface area is 327 Å². The first-order valence-electron chi connectivity index (χ1n) is 18.6. The zero-order valence-corrected chi connectivity index (χ0v) is 33.1. The number of rotatable bonds is 9. The van der Waals surface area contributed by atoms with Gasteiger partial charge in [0, 0.05) is 47.7 Å². The summed E-state index contributed by atoms with van der Waals surface area (Å²) >= 11 is 0. The molecular formula is C50H37O3P3. The van der Waals surface area contributed by atoms with E-state index in [0.29, 0.717) is 26.5 Å². The van der Waals surface area contributed by atoms with E-state index >= 15 is 13.7 Å². The quantitative estimate of drug-likeness (QED) is 0.138.